The number of amides is 2. The first-order valence-electron chi connectivity index (χ1n) is 7.61. The first-order chi connectivity index (χ1) is 12.0. The highest BCUT2D eigenvalue weighted by atomic mass is 19.1. The average molecular weight is 343 g/mol. The van der Waals surface area contributed by atoms with Gasteiger partial charge in [0, 0.05) is 36.0 Å². The number of anilines is 2. The Hall–Kier alpha value is -3.29. The predicted molar refractivity (Wildman–Crippen MR) is 89.0 cm³/mol. The molecule has 0 spiro atoms. The minimum atomic E-state index is -0.970. The number of benzene rings is 2. The fourth-order valence-corrected chi connectivity index (χ4v) is 2.65. The average Bonchev–Trinajstić information content (AvgIpc) is 3.02. The molecule has 0 radical (unpaired) electrons. The van der Waals surface area contributed by atoms with Gasteiger partial charge in [0.1, 0.15) is 0 Å². The molecule has 0 aliphatic carbocycles. The second kappa shape index (κ2) is 6.68. The first kappa shape index (κ1) is 16.6. The van der Waals surface area contributed by atoms with Crippen molar-refractivity contribution < 1.29 is 18.9 Å². The van der Waals surface area contributed by atoms with Crippen LogP contribution in [0.5, 0.6) is 0 Å². The number of rotatable bonds is 4. The van der Waals surface area contributed by atoms with Crippen molar-refractivity contribution in [2.24, 2.45) is 0 Å². The molecule has 1 aliphatic heterocycles. The maximum atomic E-state index is 13.3. The lowest BCUT2D eigenvalue weighted by molar-refractivity contribution is -0.387. The normalized spacial score (nSPS) is 13.8. The zero-order valence-electron chi connectivity index (χ0n) is 13.1. The fraction of sp³-hybridized carbons (Fsp3) is 0.176. The lowest BCUT2D eigenvalue weighted by Gasteiger charge is -2.15. The fourth-order valence-electron chi connectivity index (χ4n) is 2.65. The van der Waals surface area contributed by atoms with Gasteiger partial charge in [0.25, 0.3) is 5.91 Å². The summed E-state index contributed by atoms with van der Waals surface area (Å²) in [7, 11) is 0. The van der Waals surface area contributed by atoms with E-state index >= 15 is 0 Å². The number of nitro groups is 1. The van der Waals surface area contributed by atoms with E-state index in [1.54, 1.807) is 29.2 Å². The van der Waals surface area contributed by atoms with Crippen molar-refractivity contribution in [1.29, 1.82) is 0 Å². The molecule has 1 saturated heterocycles. The first-order valence-corrected chi connectivity index (χ1v) is 7.61. The topological polar surface area (TPSA) is 92.5 Å². The van der Waals surface area contributed by atoms with Gasteiger partial charge in [-0.1, -0.05) is 0 Å². The SMILES string of the molecule is O=C(Nc1ccc(F)c([N+](=O)[O-])c1)c1ccc(N2CCCC2=O)cc1. The Kier molecular flexibility index (Phi) is 4.42. The number of carbonyl (C=O) groups is 2. The summed E-state index contributed by atoms with van der Waals surface area (Å²) in [6.07, 6.45) is 1.33. The van der Waals surface area contributed by atoms with Crippen LogP contribution < -0.4 is 10.2 Å². The number of nitrogens with zero attached hydrogens (tertiary/aromatic N) is 2. The summed E-state index contributed by atoms with van der Waals surface area (Å²) in [6.45, 7) is 0.656. The standard InChI is InChI=1S/C17H14FN3O4/c18-14-8-5-12(10-15(14)21(24)25)19-17(23)11-3-6-13(7-4-11)20-9-1-2-16(20)22/h3-8,10H,1-2,9H2,(H,19,23). The molecule has 3 rings (SSSR count). The predicted octanol–water partition coefficient (Wildman–Crippen LogP) is 3.11. The van der Waals surface area contributed by atoms with Crippen molar-refractivity contribution in [2.45, 2.75) is 12.8 Å². The molecule has 2 amide bonds. The third-order valence-corrected chi connectivity index (χ3v) is 3.92. The van der Waals surface area contributed by atoms with E-state index in [4.69, 9.17) is 0 Å². The Labute approximate surface area is 142 Å². The van der Waals surface area contributed by atoms with E-state index in [0.29, 0.717) is 18.5 Å². The lowest BCUT2D eigenvalue weighted by atomic mass is 10.1. The van der Waals surface area contributed by atoms with Crippen LogP contribution in [0.2, 0.25) is 0 Å². The van der Waals surface area contributed by atoms with Gasteiger partial charge in [0.05, 0.1) is 4.92 Å². The largest absolute Gasteiger partial charge is 0.322 e. The number of hydrogen-bond donors (Lipinski definition) is 1. The molecular formula is C17H14FN3O4. The third kappa shape index (κ3) is 3.47. The van der Waals surface area contributed by atoms with Crippen molar-refractivity contribution in [3.63, 3.8) is 0 Å². The van der Waals surface area contributed by atoms with E-state index in [2.05, 4.69) is 5.32 Å². The number of halogens is 1. The van der Waals surface area contributed by atoms with Crippen LogP contribution in [0.4, 0.5) is 21.5 Å². The summed E-state index contributed by atoms with van der Waals surface area (Å²) in [4.78, 5) is 35.5. The zero-order valence-corrected chi connectivity index (χ0v) is 13.1. The van der Waals surface area contributed by atoms with E-state index in [1.165, 1.54) is 6.07 Å². The van der Waals surface area contributed by atoms with E-state index < -0.39 is 22.3 Å². The van der Waals surface area contributed by atoms with Gasteiger partial charge in [-0.05, 0) is 42.8 Å². The Morgan fingerprint density at radius 2 is 1.92 bits per heavy atom. The van der Waals surface area contributed by atoms with Crippen LogP contribution in [-0.2, 0) is 4.79 Å². The molecule has 8 heteroatoms. The van der Waals surface area contributed by atoms with Crippen molar-refractivity contribution >= 4 is 28.9 Å². The van der Waals surface area contributed by atoms with E-state index in [9.17, 15) is 24.1 Å². The molecule has 0 bridgehead atoms. The number of nitrogens with one attached hydrogen (secondary N) is 1. The van der Waals surface area contributed by atoms with E-state index in [0.717, 1.165) is 24.2 Å². The van der Waals surface area contributed by atoms with Gasteiger partial charge in [-0.25, -0.2) is 0 Å². The molecule has 1 aliphatic rings. The molecule has 1 heterocycles. The van der Waals surface area contributed by atoms with Gasteiger partial charge in [0.2, 0.25) is 11.7 Å². The molecule has 0 aromatic heterocycles. The quantitative estimate of drug-likeness (QED) is 0.682. The van der Waals surface area contributed by atoms with Crippen LogP contribution >= 0.6 is 0 Å². The van der Waals surface area contributed by atoms with Crippen molar-refractivity contribution in [3.8, 4) is 0 Å². The highest BCUT2D eigenvalue weighted by Crippen LogP contribution is 2.24. The summed E-state index contributed by atoms with van der Waals surface area (Å²) in [5.74, 6) is -1.40. The smallest absolute Gasteiger partial charge is 0.306 e. The van der Waals surface area contributed by atoms with E-state index in [-0.39, 0.29) is 11.6 Å². The summed E-state index contributed by atoms with van der Waals surface area (Å²) in [6, 6.07) is 9.61. The molecule has 2 aromatic carbocycles. The Bertz CT molecular complexity index is 851. The number of hydrogen-bond acceptors (Lipinski definition) is 4. The van der Waals surface area contributed by atoms with Gasteiger partial charge in [-0.2, -0.15) is 4.39 Å². The molecule has 25 heavy (non-hydrogen) atoms. The molecule has 1 N–H and O–H groups in total. The maximum absolute atomic E-state index is 13.3. The second-order valence-corrected chi connectivity index (χ2v) is 5.57. The van der Waals surface area contributed by atoms with Crippen molar-refractivity contribution in [1.82, 2.24) is 0 Å². The van der Waals surface area contributed by atoms with Crippen molar-refractivity contribution in [3.05, 3.63) is 64.0 Å². The van der Waals surface area contributed by atoms with Crippen LogP contribution in [0.25, 0.3) is 0 Å². The minimum Gasteiger partial charge on any atom is -0.322 e. The third-order valence-electron chi connectivity index (χ3n) is 3.92. The summed E-state index contributed by atoms with van der Waals surface area (Å²) < 4.78 is 13.3. The zero-order chi connectivity index (χ0) is 18.0. The van der Waals surface area contributed by atoms with Gasteiger partial charge in [-0.15, -0.1) is 0 Å². The van der Waals surface area contributed by atoms with Crippen LogP contribution in [0.3, 0.4) is 0 Å². The van der Waals surface area contributed by atoms with Gasteiger partial charge in [-0.3, -0.25) is 19.7 Å². The minimum absolute atomic E-state index is 0.0517. The molecule has 0 unspecified atom stereocenters. The highest BCUT2D eigenvalue weighted by molar-refractivity contribution is 6.05. The van der Waals surface area contributed by atoms with Crippen LogP contribution in [-0.4, -0.2) is 23.3 Å². The van der Waals surface area contributed by atoms with Gasteiger partial charge < -0.3 is 10.2 Å². The Morgan fingerprint density at radius 1 is 1.20 bits per heavy atom. The summed E-state index contributed by atoms with van der Waals surface area (Å²) >= 11 is 0. The monoisotopic (exact) mass is 343 g/mol. The molecule has 0 atom stereocenters. The van der Waals surface area contributed by atoms with Crippen molar-refractivity contribution in [2.75, 3.05) is 16.8 Å². The second-order valence-electron chi connectivity index (χ2n) is 5.57. The molecular weight excluding hydrogens is 329 g/mol. The molecule has 128 valence electrons. The van der Waals surface area contributed by atoms with Crippen LogP contribution in [0, 0.1) is 15.9 Å². The number of carbonyl (C=O) groups excluding carboxylic acids is 2. The summed E-state index contributed by atoms with van der Waals surface area (Å²) in [5, 5.41) is 13.2. The van der Waals surface area contributed by atoms with Gasteiger partial charge >= 0.3 is 5.69 Å². The Morgan fingerprint density at radius 3 is 2.52 bits per heavy atom. The van der Waals surface area contributed by atoms with Crippen LogP contribution in [0.1, 0.15) is 23.2 Å². The Balaban J connectivity index is 1.74. The number of nitro benzene ring substituents is 1. The molecule has 1 fully saturated rings. The lowest BCUT2D eigenvalue weighted by Crippen LogP contribution is -2.23. The molecule has 7 nitrogen and oxygen atoms in total. The highest BCUT2D eigenvalue weighted by Gasteiger charge is 2.22. The molecule has 0 saturated carbocycles. The van der Waals surface area contributed by atoms with Gasteiger partial charge in [0.15, 0.2) is 0 Å². The molecule has 2 aromatic rings. The maximum Gasteiger partial charge on any atom is 0.306 e. The summed E-state index contributed by atoms with van der Waals surface area (Å²) in [5.41, 5.74) is 0.455. The van der Waals surface area contributed by atoms with E-state index in [1.807, 2.05) is 0 Å². The van der Waals surface area contributed by atoms with Crippen LogP contribution in [0.15, 0.2) is 42.5 Å².